The first-order chi connectivity index (χ1) is 10.6. The van der Waals surface area contributed by atoms with Crippen LogP contribution in [0.3, 0.4) is 0 Å². The Morgan fingerprint density at radius 2 is 2.18 bits per heavy atom. The molecule has 5 nitrogen and oxygen atoms in total. The summed E-state index contributed by atoms with van der Waals surface area (Å²) in [5, 5.41) is 9.88. The lowest BCUT2D eigenvalue weighted by molar-refractivity contribution is 0.0915. The van der Waals surface area contributed by atoms with Crippen molar-refractivity contribution in [3.63, 3.8) is 0 Å². The maximum Gasteiger partial charge on any atom is 0.407 e. The maximum absolute atomic E-state index is 11.6. The van der Waals surface area contributed by atoms with Gasteiger partial charge in [-0.1, -0.05) is 41.9 Å². The van der Waals surface area contributed by atoms with Crippen LogP contribution in [0.25, 0.3) is 0 Å². The predicted molar refractivity (Wildman–Crippen MR) is 82.2 cm³/mol. The van der Waals surface area contributed by atoms with Crippen molar-refractivity contribution < 1.29 is 14.6 Å². The van der Waals surface area contributed by atoms with Crippen LogP contribution in [0.15, 0.2) is 42.6 Å². The van der Waals surface area contributed by atoms with E-state index in [0.29, 0.717) is 30.5 Å². The van der Waals surface area contributed by atoms with E-state index < -0.39 is 6.09 Å². The van der Waals surface area contributed by atoms with Crippen LogP contribution in [0.2, 0.25) is 5.15 Å². The van der Waals surface area contributed by atoms with E-state index in [1.54, 1.807) is 12.3 Å². The number of fused-ring (bicyclic) bond motifs is 1. The largest absolute Gasteiger partial charge is 0.491 e. The highest BCUT2D eigenvalue weighted by Crippen LogP contribution is 2.28. The van der Waals surface area contributed by atoms with Crippen LogP contribution in [0.4, 0.5) is 4.79 Å². The summed E-state index contributed by atoms with van der Waals surface area (Å²) in [7, 11) is 0. The number of amides is 1. The van der Waals surface area contributed by atoms with E-state index in [4.69, 9.17) is 16.3 Å². The van der Waals surface area contributed by atoms with Gasteiger partial charge < -0.3 is 9.84 Å². The number of carboxylic acid groups (broad SMARTS) is 1. The molecular weight excluding hydrogens is 304 g/mol. The number of pyridine rings is 1. The molecule has 3 rings (SSSR count). The zero-order valence-corrected chi connectivity index (χ0v) is 12.5. The molecule has 6 heteroatoms. The monoisotopic (exact) mass is 318 g/mol. The third-order valence-electron chi connectivity index (χ3n) is 3.68. The van der Waals surface area contributed by atoms with E-state index in [2.05, 4.69) is 4.98 Å². The van der Waals surface area contributed by atoms with Crippen LogP contribution < -0.4 is 4.74 Å². The number of hydrogen-bond donors (Lipinski definition) is 1. The first-order valence-electron chi connectivity index (χ1n) is 6.94. The molecule has 0 fully saturated rings. The lowest BCUT2D eigenvalue weighted by Crippen LogP contribution is -2.45. The van der Waals surface area contributed by atoms with Crippen LogP contribution in [0, 0.1) is 0 Å². The lowest BCUT2D eigenvalue weighted by Gasteiger charge is -2.33. The highest BCUT2D eigenvalue weighted by atomic mass is 35.5. The molecule has 0 saturated carbocycles. The molecule has 0 radical (unpaired) electrons. The zero-order valence-electron chi connectivity index (χ0n) is 11.8. The molecule has 1 aliphatic heterocycles. The minimum atomic E-state index is -0.956. The molecule has 2 aromatic rings. The Morgan fingerprint density at radius 1 is 1.41 bits per heavy atom. The Morgan fingerprint density at radius 3 is 2.91 bits per heavy atom. The summed E-state index contributed by atoms with van der Waals surface area (Å²) < 4.78 is 5.66. The average Bonchev–Trinajstić information content (AvgIpc) is 2.53. The molecule has 1 amide bonds. The first-order valence-corrected chi connectivity index (χ1v) is 7.32. The van der Waals surface area contributed by atoms with Gasteiger partial charge in [-0.15, -0.1) is 0 Å². The molecule has 22 heavy (non-hydrogen) atoms. The molecule has 0 unspecified atom stereocenters. The summed E-state index contributed by atoms with van der Waals surface area (Å²) in [6.45, 7) is 0.646. The second kappa shape index (κ2) is 6.23. The molecule has 1 N–H and O–H groups in total. The molecule has 114 valence electrons. The van der Waals surface area contributed by atoms with Gasteiger partial charge in [0.05, 0.1) is 6.04 Å². The fourth-order valence-corrected chi connectivity index (χ4v) is 2.71. The minimum Gasteiger partial charge on any atom is -0.491 e. The Labute approximate surface area is 133 Å². The van der Waals surface area contributed by atoms with Gasteiger partial charge in [0.25, 0.3) is 0 Å². The summed E-state index contributed by atoms with van der Waals surface area (Å²) in [6.07, 6.45) is 1.26. The third-order valence-corrected chi connectivity index (χ3v) is 3.89. The first kappa shape index (κ1) is 14.7. The number of hydrogen-bond acceptors (Lipinski definition) is 3. The van der Waals surface area contributed by atoms with E-state index in [9.17, 15) is 9.90 Å². The normalized spacial score (nSPS) is 16.5. The third kappa shape index (κ3) is 3.14. The van der Waals surface area contributed by atoms with E-state index in [1.165, 1.54) is 4.90 Å². The van der Waals surface area contributed by atoms with E-state index >= 15 is 0 Å². The number of nitrogens with zero attached hydrogens (tertiary/aromatic N) is 2. The predicted octanol–water partition coefficient (Wildman–Crippen LogP) is 3.22. The minimum absolute atomic E-state index is 0.242. The summed E-state index contributed by atoms with van der Waals surface area (Å²) in [4.78, 5) is 17.0. The van der Waals surface area contributed by atoms with Crippen molar-refractivity contribution in [2.24, 2.45) is 0 Å². The average molecular weight is 319 g/mol. The zero-order chi connectivity index (χ0) is 15.5. The molecule has 0 aliphatic carbocycles. The van der Waals surface area contributed by atoms with Crippen molar-refractivity contribution in [3.05, 3.63) is 58.9 Å². The van der Waals surface area contributed by atoms with Gasteiger partial charge in [0.15, 0.2) is 0 Å². The van der Waals surface area contributed by atoms with E-state index in [0.717, 1.165) is 11.1 Å². The number of benzene rings is 1. The van der Waals surface area contributed by atoms with Crippen molar-refractivity contribution in [2.75, 3.05) is 6.61 Å². The molecular formula is C16H15ClN2O3. The van der Waals surface area contributed by atoms with Gasteiger partial charge in [-0.05, 0) is 5.56 Å². The van der Waals surface area contributed by atoms with Crippen molar-refractivity contribution >= 4 is 17.7 Å². The van der Waals surface area contributed by atoms with Gasteiger partial charge in [0, 0.05) is 30.8 Å². The number of rotatable bonds is 3. The lowest BCUT2D eigenvalue weighted by atomic mass is 10.0. The fourth-order valence-electron chi connectivity index (χ4n) is 2.56. The van der Waals surface area contributed by atoms with Crippen molar-refractivity contribution in [2.45, 2.75) is 19.0 Å². The van der Waals surface area contributed by atoms with Gasteiger partial charge in [-0.25, -0.2) is 9.78 Å². The Balaban J connectivity index is 1.79. The van der Waals surface area contributed by atoms with Crippen molar-refractivity contribution in [1.29, 1.82) is 0 Å². The van der Waals surface area contributed by atoms with Crippen LogP contribution in [-0.4, -0.2) is 33.7 Å². The topological polar surface area (TPSA) is 62.7 Å². The number of carbonyl (C=O) groups is 1. The summed E-state index contributed by atoms with van der Waals surface area (Å²) in [5.74, 6) is 0.682. The number of aromatic nitrogens is 1. The van der Waals surface area contributed by atoms with Gasteiger partial charge in [0.2, 0.25) is 0 Å². The number of ether oxygens (including phenoxy) is 1. The molecule has 1 aliphatic rings. The fraction of sp³-hybridized carbons (Fsp3) is 0.250. The van der Waals surface area contributed by atoms with Crippen molar-refractivity contribution in [3.8, 4) is 5.75 Å². The Kier molecular flexibility index (Phi) is 4.15. The highest BCUT2D eigenvalue weighted by Gasteiger charge is 2.29. The van der Waals surface area contributed by atoms with E-state index in [-0.39, 0.29) is 6.04 Å². The van der Waals surface area contributed by atoms with E-state index in [1.807, 2.05) is 30.3 Å². The van der Waals surface area contributed by atoms with Gasteiger partial charge in [-0.3, -0.25) is 4.90 Å². The Bertz CT molecular complexity index is 678. The van der Waals surface area contributed by atoms with Crippen LogP contribution >= 0.6 is 11.6 Å². The molecule has 2 heterocycles. The summed E-state index contributed by atoms with van der Waals surface area (Å²) in [6, 6.07) is 10.9. The molecule has 1 atom stereocenters. The SMILES string of the molecule is O=C(O)N(Cc1ccccc1)[C@H]1COc2cc(Cl)ncc2C1. The second-order valence-corrected chi connectivity index (χ2v) is 5.57. The smallest absolute Gasteiger partial charge is 0.407 e. The molecule has 0 bridgehead atoms. The van der Waals surface area contributed by atoms with Crippen molar-refractivity contribution in [1.82, 2.24) is 9.88 Å². The van der Waals surface area contributed by atoms with Crippen LogP contribution in [0.5, 0.6) is 5.75 Å². The molecule has 1 aromatic heterocycles. The summed E-state index contributed by atoms with van der Waals surface area (Å²) >= 11 is 5.84. The standard InChI is InChI=1S/C16H15ClN2O3/c17-15-7-14-12(8-18-15)6-13(10-22-14)19(16(20)21)9-11-4-2-1-3-5-11/h1-5,7-8,13H,6,9-10H2,(H,20,21)/t13-/m1/s1. The molecule has 1 aromatic carbocycles. The highest BCUT2D eigenvalue weighted by molar-refractivity contribution is 6.29. The van der Waals surface area contributed by atoms with Gasteiger partial charge >= 0.3 is 6.09 Å². The summed E-state index contributed by atoms with van der Waals surface area (Å²) in [5.41, 5.74) is 1.82. The van der Waals surface area contributed by atoms with Gasteiger partial charge in [0.1, 0.15) is 17.5 Å². The molecule has 0 saturated heterocycles. The van der Waals surface area contributed by atoms with Crippen LogP contribution in [0.1, 0.15) is 11.1 Å². The van der Waals surface area contributed by atoms with Crippen LogP contribution in [-0.2, 0) is 13.0 Å². The maximum atomic E-state index is 11.6. The molecule has 0 spiro atoms. The second-order valence-electron chi connectivity index (χ2n) is 5.18. The van der Waals surface area contributed by atoms with Gasteiger partial charge in [-0.2, -0.15) is 0 Å². The number of halogens is 1. The quantitative estimate of drug-likeness (QED) is 0.883. The Hall–Kier alpha value is -2.27.